The fourth-order valence-electron chi connectivity index (χ4n) is 3.51. The highest BCUT2D eigenvalue weighted by Crippen LogP contribution is 2.34. The summed E-state index contributed by atoms with van der Waals surface area (Å²) in [4.78, 5) is 19.3. The van der Waals surface area contributed by atoms with E-state index in [0.29, 0.717) is 17.2 Å². The summed E-state index contributed by atoms with van der Waals surface area (Å²) < 4.78 is 25.3. The lowest BCUT2D eigenvalue weighted by atomic mass is 10.1. The third kappa shape index (κ3) is 3.12. The van der Waals surface area contributed by atoms with Crippen LogP contribution in [0.5, 0.6) is 11.5 Å². The maximum atomic E-state index is 14.6. The predicted molar refractivity (Wildman–Crippen MR) is 112 cm³/mol. The van der Waals surface area contributed by atoms with Crippen LogP contribution in [0.2, 0.25) is 0 Å². The third-order valence-electron chi connectivity index (χ3n) is 4.93. The lowest BCUT2D eigenvalue weighted by Gasteiger charge is -2.19. The molecule has 0 saturated carbocycles. The van der Waals surface area contributed by atoms with Crippen LogP contribution in [0.1, 0.15) is 16.7 Å². The maximum absolute atomic E-state index is 14.6. The summed E-state index contributed by atoms with van der Waals surface area (Å²) in [6.45, 7) is 2.11. The summed E-state index contributed by atoms with van der Waals surface area (Å²) in [5.74, 6) is 0.772. The number of nitrogens with zero attached hydrogens (tertiary/aromatic N) is 2. The van der Waals surface area contributed by atoms with Crippen LogP contribution < -0.4 is 14.4 Å². The molecule has 0 fully saturated rings. The van der Waals surface area contributed by atoms with Gasteiger partial charge in [0.2, 0.25) is 6.79 Å². The highest BCUT2D eigenvalue weighted by Gasteiger charge is 2.33. The Hall–Kier alpha value is -3.93. The Morgan fingerprint density at radius 1 is 1.00 bits per heavy atom. The fourth-order valence-corrected chi connectivity index (χ4v) is 3.51. The van der Waals surface area contributed by atoms with Crippen molar-refractivity contribution in [3.05, 3.63) is 94.9 Å². The quantitative estimate of drug-likeness (QED) is 0.599. The van der Waals surface area contributed by atoms with E-state index in [-0.39, 0.29) is 29.8 Å². The number of amides is 1. The molecule has 0 spiro atoms. The number of hydrogen-bond acceptors (Lipinski definition) is 4. The van der Waals surface area contributed by atoms with E-state index >= 15 is 0 Å². The number of aryl methyl sites for hydroxylation is 1. The van der Waals surface area contributed by atoms with Crippen molar-refractivity contribution < 1.29 is 18.7 Å². The van der Waals surface area contributed by atoms with Gasteiger partial charge in [0, 0.05) is 0 Å². The number of anilines is 1. The normalized spacial score (nSPS) is 16.3. The molecule has 0 bridgehead atoms. The van der Waals surface area contributed by atoms with Gasteiger partial charge in [0.15, 0.2) is 17.3 Å². The summed E-state index contributed by atoms with van der Waals surface area (Å²) in [7, 11) is 0. The molecule has 0 unspecified atom stereocenters. The Morgan fingerprint density at radius 3 is 2.67 bits per heavy atom. The van der Waals surface area contributed by atoms with Gasteiger partial charge in [0.25, 0.3) is 5.91 Å². The maximum Gasteiger partial charge on any atom is 0.282 e. The van der Waals surface area contributed by atoms with Gasteiger partial charge in [-0.1, -0.05) is 30.3 Å². The molecular weight excluding hydrogens is 383 g/mol. The average Bonchev–Trinajstić information content (AvgIpc) is 3.33. The highest BCUT2D eigenvalue weighted by atomic mass is 19.1. The molecule has 148 valence electrons. The fraction of sp³-hybridized carbons (Fsp3) is 0.0833. The molecular formula is C24H17FN2O3. The van der Waals surface area contributed by atoms with Gasteiger partial charge in [-0.2, -0.15) is 0 Å². The first-order valence-electron chi connectivity index (χ1n) is 9.46. The highest BCUT2D eigenvalue weighted by molar-refractivity contribution is 6.33. The Bertz CT molecular complexity index is 1230. The van der Waals surface area contributed by atoms with Crippen molar-refractivity contribution in [2.24, 2.45) is 4.99 Å². The SMILES string of the molecule is Cc1cccc(N2C(=O)/C(=C\c3ccc4c(c3)OCO4)N=C2c2ccccc2F)c1. The Kier molecular flexibility index (Phi) is 4.32. The van der Waals surface area contributed by atoms with Gasteiger partial charge in [-0.15, -0.1) is 0 Å². The van der Waals surface area contributed by atoms with Crippen LogP contribution in [0, 0.1) is 12.7 Å². The Balaban J connectivity index is 1.62. The smallest absolute Gasteiger partial charge is 0.282 e. The summed E-state index contributed by atoms with van der Waals surface area (Å²) in [6, 6.07) is 19.2. The zero-order chi connectivity index (χ0) is 20.7. The zero-order valence-electron chi connectivity index (χ0n) is 16.1. The summed E-state index contributed by atoms with van der Waals surface area (Å²) in [5.41, 5.74) is 2.85. The van der Waals surface area contributed by atoms with E-state index in [9.17, 15) is 9.18 Å². The van der Waals surface area contributed by atoms with E-state index in [0.717, 1.165) is 11.1 Å². The van der Waals surface area contributed by atoms with Crippen molar-refractivity contribution in [1.82, 2.24) is 0 Å². The predicted octanol–water partition coefficient (Wildman–Crippen LogP) is 4.70. The number of carbonyl (C=O) groups is 1. The number of halogens is 1. The molecule has 5 rings (SSSR count). The number of carbonyl (C=O) groups excluding carboxylic acids is 1. The zero-order valence-corrected chi connectivity index (χ0v) is 16.1. The van der Waals surface area contributed by atoms with E-state index in [2.05, 4.69) is 4.99 Å². The standard InChI is InChI=1S/C24H17FN2O3/c1-15-5-4-6-17(11-15)27-23(18-7-2-3-8-19(18)25)26-20(24(27)28)12-16-9-10-21-22(13-16)30-14-29-21/h2-13H,14H2,1H3/b20-12+. The van der Waals surface area contributed by atoms with Crippen molar-refractivity contribution in [3.63, 3.8) is 0 Å². The average molecular weight is 400 g/mol. The molecule has 5 nitrogen and oxygen atoms in total. The molecule has 2 heterocycles. The lowest BCUT2D eigenvalue weighted by Crippen LogP contribution is -2.33. The molecule has 0 N–H and O–H groups in total. The number of aliphatic imine (C=N–C) groups is 1. The van der Waals surface area contributed by atoms with Gasteiger partial charge in [0.05, 0.1) is 11.3 Å². The minimum atomic E-state index is -0.439. The molecule has 2 aliphatic heterocycles. The number of amidine groups is 1. The number of rotatable bonds is 3. The summed E-state index contributed by atoms with van der Waals surface area (Å²) in [6.07, 6.45) is 1.67. The minimum Gasteiger partial charge on any atom is -0.454 e. The first-order chi connectivity index (χ1) is 14.6. The van der Waals surface area contributed by atoms with E-state index in [1.807, 2.05) is 37.3 Å². The summed E-state index contributed by atoms with van der Waals surface area (Å²) >= 11 is 0. The van der Waals surface area contributed by atoms with Crippen molar-refractivity contribution in [2.45, 2.75) is 6.92 Å². The second kappa shape index (κ2) is 7.15. The van der Waals surface area contributed by atoms with E-state index in [4.69, 9.17) is 9.47 Å². The molecule has 30 heavy (non-hydrogen) atoms. The summed E-state index contributed by atoms with van der Waals surface area (Å²) in [5, 5.41) is 0. The number of fused-ring (bicyclic) bond motifs is 1. The van der Waals surface area contributed by atoms with E-state index < -0.39 is 5.82 Å². The second-order valence-corrected chi connectivity index (χ2v) is 7.04. The van der Waals surface area contributed by atoms with E-state index in [1.54, 1.807) is 36.4 Å². The molecule has 6 heteroatoms. The molecule has 0 radical (unpaired) electrons. The van der Waals surface area contributed by atoms with Crippen molar-refractivity contribution >= 4 is 23.5 Å². The first-order valence-corrected chi connectivity index (χ1v) is 9.46. The first kappa shape index (κ1) is 18.1. The van der Waals surface area contributed by atoms with Crippen LogP contribution in [0.25, 0.3) is 6.08 Å². The monoisotopic (exact) mass is 400 g/mol. The van der Waals surface area contributed by atoms with Gasteiger partial charge in [-0.05, 0) is 60.5 Å². The van der Waals surface area contributed by atoms with Crippen LogP contribution in [0.4, 0.5) is 10.1 Å². The van der Waals surface area contributed by atoms with Crippen molar-refractivity contribution in [2.75, 3.05) is 11.7 Å². The van der Waals surface area contributed by atoms with Crippen LogP contribution in [-0.2, 0) is 4.79 Å². The molecule has 0 atom stereocenters. The molecule has 0 saturated heterocycles. The topological polar surface area (TPSA) is 51.1 Å². The van der Waals surface area contributed by atoms with Crippen molar-refractivity contribution in [3.8, 4) is 11.5 Å². The van der Waals surface area contributed by atoms with Gasteiger partial charge in [0.1, 0.15) is 11.5 Å². The molecule has 0 aromatic heterocycles. The minimum absolute atomic E-state index is 0.172. The van der Waals surface area contributed by atoms with Gasteiger partial charge in [-0.3, -0.25) is 9.69 Å². The Morgan fingerprint density at radius 2 is 1.83 bits per heavy atom. The number of ether oxygens (including phenoxy) is 2. The second-order valence-electron chi connectivity index (χ2n) is 7.04. The van der Waals surface area contributed by atoms with E-state index in [1.165, 1.54) is 11.0 Å². The largest absolute Gasteiger partial charge is 0.454 e. The van der Waals surface area contributed by atoms with Crippen molar-refractivity contribution in [1.29, 1.82) is 0 Å². The Labute approximate surface area is 172 Å². The van der Waals surface area contributed by atoms with Gasteiger partial charge < -0.3 is 9.47 Å². The number of hydrogen-bond donors (Lipinski definition) is 0. The van der Waals surface area contributed by atoms with Crippen LogP contribution in [-0.4, -0.2) is 18.5 Å². The molecule has 3 aromatic carbocycles. The van der Waals surface area contributed by atoms with Gasteiger partial charge >= 0.3 is 0 Å². The molecule has 1 amide bonds. The van der Waals surface area contributed by atoms with Gasteiger partial charge in [-0.25, -0.2) is 9.38 Å². The molecule has 3 aromatic rings. The molecule has 0 aliphatic carbocycles. The number of benzene rings is 3. The van der Waals surface area contributed by atoms with Crippen LogP contribution >= 0.6 is 0 Å². The molecule has 2 aliphatic rings. The third-order valence-corrected chi connectivity index (χ3v) is 4.93. The van der Waals surface area contributed by atoms with Crippen LogP contribution in [0.3, 0.4) is 0 Å². The van der Waals surface area contributed by atoms with Crippen LogP contribution in [0.15, 0.2) is 77.4 Å². The lowest BCUT2D eigenvalue weighted by molar-refractivity contribution is -0.113.